The van der Waals surface area contributed by atoms with Gasteiger partial charge in [-0.3, -0.25) is 9.78 Å². The van der Waals surface area contributed by atoms with E-state index in [1.54, 1.807) is 18.5 Å². The maximum atomic E-state index is 11.7. The van der Waals surface area contributed by atoms with Crippen molar-refractivity contribution < 1.29 is 9.53 Å². The second-order valence-electron chi connectivity index (χ2n) is 3.82. The zero-order valence-corrected chi connectivity index (χ0v) is 11.8. The Labute approximate surface area is 119 Å². The summed E-state index contributed by atoms with van der Waals surface area (Å²) in [6.45, 7) is 0.346. The first-order chi connectivity index (χ1) is 9.25. The summed E-state index contributed by atoms with van der Waals surface area (Å²) in [5, 5.41) is 2.79. The van der Waals surface area contributed by atoms with E-state index >= 15 is 0 Å². The van der Waals surface area contributed by atoms with Crippen LogP contribution in [0.5, 0.6) is 5.75 Å². The Morgan fingerprint density at radius 3 is 2.79 bits per heavy atom. The van der Waals surface area contributed by atoms with Gasteiger partial charge in [-0.25, -0.2) is 0 Å². The van der Waals surface area contributed by atoms with E-state index in [2.05, 4.69) is 26.2 Å². The minimum Gasteiger partial charge on any atom is -0.493 e. The molecule has 1 amide bonds. The van der Waals surface area contributed by atoms with Crippen molar-refractivity contribution in [1.82, 2.24) is 4.98 Å². The van der Waals surface area contributed by atoms with E-state index < -0.39 is 0 Å². The van der Waals surface area contributed by atoms with Crippen LogP contribution in [0, 0.1) is 0 Å². The second-order valence-corrected chi connectivity index (χ2v) is 4.67. The van der Waals surface area contributed by atoms with Gasteiger partial charge >= 0.3 is 0 Å². The number of ether oxygens (including phenoxy) is 1. The van der Waals surface area contributed by atoms with Gasteiger partial charge in [0.2, 0.25) is 5.91 Å². The maximum Gasteiger partial charge on any atom is 0.227 e. The highest BCUT2D eigenvalue weighted by atomic mass is 79.9. The fraction of sp³-hybridized carbons (Fsp3) is 0.143. The summed E-state index contributed by atoms with van der Waals surface area (Å²) in [5.74, 6) is 0.670. The van der Waals surface area contributed by atoms with Gasteiger partial charge in [-0.2, -0.15) is 0 Å². The van der Waals surface area contributed by atoms with Gasteiger partial charge in [-0.1, -0.05) is 18.2 Å². The molecule has 0 saturated heterocycles. The Bertz CT molecular complexity index is 546. The molecule has 5 heteroatoms. The number of rotatable bonds is 5. The number of halogens is 1. The highest BCUT2D eigenvalue weighted by Crippen LogP contribution is 2.19. The van der Waals surface area contributed by atoms with Crippen molar-refractivity contribution in [3.05, 3.63) is 53.3 Å². The van der Waals surface area contributed by atoms with Gasteiger partial charge in [-0.15, -0.1) is 0 Å². The molecule has 0 bridgehead atoms. The minimum atomic E-state index is -0.0946. The van der Waals surface area contributed by atoms with Gasteiger partial charge in [0.05, 0.1) is 23.2 Å². The van der Waals surface area contributed by atoms with Crippen LogP contribution in [0.15, 0.2) is 53.3 Å². The molecule has 0 aliphatic rings. The summed E-state index contributed by atoms with van der Waals surface area (Å²) in [5.41, 5.74) is 0.708. The maximum absolute atomic E-state index is 11.7. The van der Waals surface area contributed by atoms with Crippen molar-refractivity contribution in [2.75, 3.05) is 11.9 Å². The lowest BCUT2D eigenvalue weighted by Crippen LogP contribution is -2.15. The highest BCUT2D eigenvalue weighted by Gasteiger charge is 2.05. The molecule has 0 spiro atoms. The molecule has 0 aliphatic heterocycles. The molecule has 0 fully saturated rings. The van der Waals surface area contributed by atoms with E-state index in [9.17, 15) is 4.79 Å². The van der Waals surface area contributed by atoms with Gasteiger partial charge < -0.3 is 10.1 Å². The van der Waals surface area contributed by atoms with Crippen LogP contribution in [0.4, 0.5) is 5.69 Å². The number of para-hydroxylation sites is 1. The number of hydrogen-bond acceptors (Lipinski definition) is 3. The highest BCUT2D eigenvalue weighted by molar-refractivity contribution is 9.10. The molecule has 1 N–H and O–H groups in total. The molecular formula is C14H13BrN2O2. The lowest BCUT2D eigenvalue weighted by atomic mass is 10.3. The van der Waals surface area contributed by atoms with Crippen LogP contribution < -0.4 is 10.1 Å². The van der Waals surface area contributed by atoms with Gasteiger partial charge in [0, 0.05) is 12.4 Å². The largest absolute Gasteiger partial charge is 0.493 e. The average Bonchev–Trinajstić information content (AvgIpc) is 2.43. The third-order valence-electron chi connectivity index (χ3n) is 2.39. The van der Waals surface area contributed by atoms with Crippen LogP contribution in [-0.4, -0.2) is 17.5 Å². The average molecular weight is 321 g/mol. The normalized spacial score (nSPS) is 9.95. The van der Waals surface area contributed by atoms with Crippen molar-refractivity contribution in [3.63, 3.8) is 0 Å². The van der Waals surface area contributed by atoms with Gasteiger partial charge in [-0.05, 0) is 34.1 Å². The number of carbonyl (C=O) groups excluding carboxylic acids is 1. The fourth-order valence-electron chi connectivity index (χ4n) is 1.47. The summed E-state index contributed by atoms with van der Waals surface area (Å²) >= 11 is 3.32. The number of hydrogen-bond donors (Lipinski definition) is 1. The number of benzene rings is 1. The summed E-state index contributed by atoms with van der Waals surface area (Å²) in [6, 6.07) is 11.2. The molecule has 98 valence electrons. The predicted octanol–water partition coefficient (Wildman–Crippen LogP) is 3.25. The molecule has 1 aromatic carbocycles. The van der Waals surface area contributed by atoms with E-state index in [0.717, 1.165) is 10.2 Å². The van der Waals surface area contributed by atoms with Crippen molar-refractivity contribution in [1.29, 1.82) is 0 Å². The van der Waals surface area contributed by atoms with Crippen LogP contribution >= 0.6 is 15.9 Å². The third kappa shape index (κ3) is 4.37. The first-order valence-electron chi connectivity index (χ1n) is 5.83. The van der Waals surface area contributed by atoms with E-state index in [-0.39, 0.29) is 5.91 Å². The van der Waals surface area contributed by atoms with Gasteiger partial charge in [0.1, 0.15) is 5.75 Å². The lowest BCUT2D eigenvalue weighted by molar-refractivity contribution is -0.116. The predicted molar refractivity (Wildman–Crippen MR) is 77.1 cm³/mol. The van der Waals surface area contributed by atoms with Gasteiger partial charge in [0.25, 0.3) is 0 Å². The lowest BCUT2D eigenvalue weighted by Gasteiger charge is -2.08. The fourth-order valence-corrected chi connectivity index (χ4v) is 1.82. The number of amides is 1. The number of pyridine rings is 1. The standard InChI is InChI=1S/C14H13BrN2O2/c15-12-10-16-8-6-13(12)17-14(18)7-9-19-11-4-2-1-3-5-11/h1-6,8,10H,7,9H2,(H,16,17,18). The quantitative estimate of drug-likeness (QED) is 0.920. The molecule has 1 aromatic heterocycles. The Morgan fingerprint density at radius 2 is 2.05 bits per heavy atom. The van der Waals surface area contributed by atoms with E-state index in [0.29, 0.717) is 18.7 Å². The van der Waals surface area contributed by atoms with E-state index in [1.165, 1.54) is 0 Å². The van der Waals surface area contributed by atoms with Crippen molar-refractivity contribution >= 4 is 27.5 Å². The molecule has 19 heavy (non-hydrogen) atoms. The molecule has 0 unspecified atom stereocenters. The smallest absolute Gasteiger partial charge is 0.227 e. The molecule has 0 saturated carbocycles. The summed E-state index contributed by atoms with van der Waals surface area (Å²) < 4.78 is 6.22. The van der Waals surface area contributed by atoms with Gasteiger partial charge in [0.15, 0.2) is 0 Å². The Morgan fingerprint density at radius 1 is 1.26 bits per heavy atom. The zero-order chi connectivity index (χ0) is 13.5. The zero-order valence-electron chi connectivity index (χ0n) is 10.2. The number of nitrogens with zero attached hydrogens (tertiary/aromatic N) is 1. The molecule has 2 aromatic rings. The number of aromatic nitrogens is 1. The molecule has 1 heterocycles. The summed E-state index contributed by atoms with van der Waals surface area (Å²) in [4.78, 5) is 15.7. The Hall–Kier alpha value is -1.88. The number of nitrogens with one attached hydrogen (secondary N) is 1. The first kappa shape index (κ1) is 13.5. The molecule has 0 atom stereocenters. The van der Waals surface area contributed by atoms with E-state index in [4.69, 9.17) is 4.74 Å². The first-order valence-corrected chi connectivity index (χ1v) is 6.62. The summed E-state index contributed by atoms with van der Waals surface area (Å²) in [6.07, 6.45) is 3.56. The molecule has 0 radical (unpaired) electrons. The Balaban J connectivity index is 1.78. The molecule has 0 aliphatic carbocycles. The number of carbonyl (C=O) groups is 1. The topological polar surface area (TPSA) is 51.2 Å². The monoisotopic (exact) mass is 320 g/mol. The Kier molecular flexibility index (Phi) is 4.92. The molecule has 2 rings (SSSR count). The summed E-state index contributed by atoms with van der Waals surface area (Å²) in [7, 11) is 0. The SMILES string of the molecule is O=C(CCOc1ccccc1)Nc1ccncc1Br. The van der Waals surface area contributed by atoms with E-state index in [1.807, 2.05) is 30.3 Å². The van der Waals surface area contributed by atoms with Crippen molar-refractivity contribution in [3.8, 4) is 5.75 Å². The van der Waals surface area contributed by atoms with Crippen LogP contribution in [0.2, 0.25) is 0 Å². The number of anilines is 1. The minimum absolute atomic E-state index is 0.0946. The second kappa shape index (κ2) is 6.89. The third-order valence-corrected chi connectivity index (χ3v) is 3.02. The van der Waals surface area contributed by atoms with Crippen LogP contribution in [-0.2, 0) is 4.79 Å². The van der Waals surface area contributed by atoms with Crippen LogP contribution in [0.3, 0.4) is 0 Å². The van der Waals surface area contributed by atoms with Crippen LogP contribution in [0.1, 0.15) is 6.42 Å². The van der Waals surface area contributed by atoms with Crippen molar-refractivity contribution in [2.24, 2.45) is 0 Å². The van der Waals surface area contributed by atoms with Crippen LogP contribution in [0.25, 0.3) is 0 Å². The van der Waals surface area contributed by atoms with Crippen molar-refractivity contribution in [2.45, 2.75) is 6.42 Å². The molecular weight excluding hydrogens is 308 g/mol. The molecule has 4 nitrogen and oxygen atoms in total.